The first-order valence-corrected chi connectivity index (χ1v) is 5.55. The highest BCUT2D eigenvalue weighted by Crippen LogP contribution is 2.34. The lowest BCUT2D eigenvalue weighted by molar-refractivity contribution is 0.338. The molecule has 0 fully saturated rings. The Morgan fingerprint density at radius 3 is 2.50 bits per heavy atom. The first-order chi connectivity index (χ1) is 5.83. The van der Waals surface area contributed by atoms with Gasteiger partial charge in [-0.25, -0.2) is 0 Å². The molecule has 0 aliphatic heterocycles. The molecular formula is C9H13O2P. The van der Waals surface area contributed by atoms with E-state index in [1.807, 2.05) is 43.9 Å². The molecule has 0 saturated carbocycles. The molecule has 0 aromatic heterocycles. The highest BCUT2D eigenvalue weighted by molar-refractivity contribution is 7.46. The second-order valence-corrected chi connectivity index (χ2v) is 3.58. The maximum atomic E-state index is 5.50. The zero-order valence-corrected chi connectivity index (χ0v) is 8.25. The summed E-state index contributed by atoms with van der Waals surface area (Å²) in [4.78, 5) is 0. The normalized spacial score (nSPS) is 12.5. The van der Waals surface area contributed by atoms with Gasteiger partial charge in [0, 0.05) is 6.66 Å². The Kier molecular flexibility index (Phi) is 4.06. The van der Waals surface area contributed by atoms with Crippen molar-refractivity contribution in [2.45, 2.75) is 6.92 Å². The summed E-state index contributed by atoms with van der Waals surface area (Å²) in [5.41, 5.74) is 0. The SMILES string of the molecule is CCOP(C)Oc1ccccc1. The summed E-state index contributed by atoms with van der Waals surface area (Å²) in [5, 5.41) is 0. The van der Waals surface area contributed by atoms with Crippen molar-refractivity contribution in [1.82, 2.24) is 0 Å². The van der Waals surface area contributed by atoms with Crippen LogP contribution in [0.2, 0.25) is 0 Å². The van der Waals surface area contributed by atoms with E-state index in [4.69, 9.17) is 9.05 Å². The van der Waals surface area contributed by atoms with Crippen LogP contribution in [-0.4, -0.2) is 13.3 Å². The molecular weight excluding hydrogens is 171 g/mol. The molecule has 66 valence electrons. The average Bonchev–Trinajstić information content (AvgIpc) is 2.06. The summed E-state index contributed by atoms with van der Waals surface area (Å²) in [6, 6.07) is 9.72. The number of hydrogen-bond donors (Lipinski definition) is 0. The molecule has 0 aliphatic carbocycles. The van der Waals surface area contributed by atoms with E-state index in [9.17, 15) is 0 Å². The third kappa shape index (κ3) is 3.21. The third-order valence-corrected chi connectivity index (χ3v) is 2.38. The molecule has 0 heterocycles. The van der Waals surface area contributed by atoms with Gasteiger partial charge in [-0.1, -0.05) is 18.2 Å². The second-order valence-electron chi connectivity index (χ2n) is 2.26. The zero-order valence-electron chi connectivity index (χ0n) is 7.36. The number of benzene rings is 1. The molecule has 0 aliphatic rings. The molecule has 0 N–H and O–H groups in total. The molecule has 12 heavy (non-hydrogen) atoms. The van der Waals surface area contributed by atoms with Crippen LogP contribution in [0.4, 0.5) is 0 Å². The van der Waals surface area contributed by atoms with Gasteiger partial charge in [0.2, 0.25) is 8.38 Å². The quantitative estimate of drug-likeness (QED) is 0.669. The summed E-state index contributed by atoms with van der Waals surface area (Å²) >= 11 is 0. The number of para-hydroxylation sites is 1. The van der Waals surface area contributed by atoms with Crippen LogP contribution in [0.15, 0.2) is 30.3 Å². The van der Waals surface area contributed by atoms with Crippen LogP contribution in [-0.2, 0) is 4.52 Å². The van der Waals surface area contributed by atoms with Crippen molar-refractivity contribution in [2.75, 3.05) is 13.3 Å². The van der Waals surface area contributed by atoms with Crippen LogP contribution < -0.4 is 4.52 Å². The van der Waals surface area contributed by atoms with Gasteiger partial charge < -0.3 is 9.05 Å². The van der Waals surface area contributed by atoms with Crippen LogP contribution in [0.5, 0.6) is 5.75 Å². The summed E-state index contributed by atoms with van der Waals surface area (Å²) in [5.74, 6) is 0.875. The fraction of sp³-hybridized carbons (Fsp3) is 0.333. The van der Waals surface area contributed by atoms with E-state index >= 15 is 0 Å². The van der Waals surface area contributed by atoms with Crippen molar-refractivity contribution in [3.8, 4) is 5.75 Å². The molecule has 0 spiro atoms. The highest BCUT2D eigenvalue weighted by Gasteiger charge is 2.01. The van der Waals surface area contributed by atoms with Crippen LogP contribution >= 0.6 is 8.38 Å². The predicted octanol–water partition coefficient (Wildman–Crippen LogP) is 3.04. The highest BCUT2D eigenvalue weighted by atomic mass is 31.2. The minimum Gasteiger partial charge on any atom is -0.448 e. The minimum atomic E-state index is -0.757. The summed E-state index contributed by atoms with van der Waals surface area (Å²) in [7, 11) is -0.757. The molecule has 0 amide bonds. The van der Waals surface area contributed by atoms with E-state index in [2.05, 4.69) is 0 Å². The molecule has 0 radical (unpaired) electrons. The van der Waals surface area contributed by atoms with Crippen molar-refractivity contribution < 1.29 is 9.05 Å². The fourth-order valence-corrected chi connectivity index (χ4v) is 1.67. The Morgan fingerprint density at radius 1 is 1.25 bits per heavy atom. The molecule has 0 bridgehead atoms. The van der Waals surface area contributed by atoms with Gasteiger partial charge in [0.1, 0.15) is 5.75 Å². The first-order valence-electron chi connectivity index (χ1n) is 3.92. The molecule has 1 unspecified atom stereocenters. The second kappa shape index (κ2) is 5.13. The number of hydrogen-bond acceptors (Lipinski definition) is 2. The standard InChI is InChI=1S/C9H13O2P/c1-3-10-12(2)11-9-7-5-4-6-8-9/h4-8H,3H2,1-2H3. The van der Waals surface area contributed by atoms with E-state index in [0.29, 0.717) is 6.61 Å². The monoisotopic (exact) mass is 184 g/mol. The number of rotatable bonds is 4. The van der Waals surface area contributed by atoms with E-state index < -0.39 is 8.38 Å². The van der Waals surface area contributed by atoms with Crippen molar-refractivity contribution in [3.05, 3.63) is 30.3 Å². The largest absolute Gasteiger partial charge is 0.448 e. The maximum Gasteiger partial charge on any atom is 0.226 e. The Morgan fingerprint density at radius 2 is 1.92 bits per heavy atom. The Hall–Kier alpha value is -0.590. The predicted molar refractivity (Wildman–Crippen MR) is 51.5 cm³/mol. The molecule has 0 saturated heterocycles. The molecule has 1 aromatic rings. The Balaban J connectivity index is 2.41. The van der Waals surface area contributed by atoms with Crippen LogP contribution in [0.3, 0.4) is 0 Å². The van der Waals surface area contributed by atoms with Crippen molar-refractivity contribution >= 4 is 8.38 Å². The Labute approximate surface area is 74.4 Å². The van der Waals surface area contributed by atoms with Crippen LogP contribution in [0.1, 0.15) is 6.92 Å². The van der Waals surface area contributed by atoms with Crippen molar-refractivity contribution in [1.29, 1.82) is 0 Å². The zero-order chi connectivity index (χ0) is 8.81. The molecule has 1 rings (SSSR count). The van der Waals surface area contributed by atoms with Crippen LogP contribution in [0.25, 0.3) is 0 Å². The van der Waals surface area contributed by atoms with E-state index in [1.54, 1.807) is 0 Å². The van der Waals surface area contributed by atoms with E-state index in [-0.39, 0.29) is 0 Å². The fourth-order valence-electron chi connectivity index (χ4n) is 0.838. The van der Waals surface area contributed by atoms with Crippen molar-refractivity contribution in [2.24, 2.45) is 0 Å². The van der Waals surface area contributed by atoms with Crippen LogP contribution in [0, 0.1) is 0 Å². The van der Waals surface area contributed by atoms with E-state index in [1.165, 1.54) is 0 Å². The van der Waals surface area contributed by atoms with Gasteiger partial charge in [0.25, 0.3) is 0 Å². The lowest BCUT2D eigenvalue weighted by atomic mass is 10.3. The minimum absolute atomic E-state index is 0.703. The van der Waals surface area contributed by atoms with Gasteiger partial charge in [-0.2, -0.15) is 0 Å². The third-order valence-electron chi connectivity index (χ3n) is 1.29. The van der Waals surface area contributed by atoms with Gasteiger partial charge in [-0.05, 0) is 19.1 Å². The van der Waals surface area contributed by atoms with E-state index in [0.717, 1.165) is 5.75 Å². The van der Waals surface area contributed by atoms with Gasteiger partial charge in [0.05, 0.1) is 6.61 Å². The van der Waals surface area contributed by atoms with Crippen molar-refractivity contribution in [3.63, 3.8) is 0 Å². The first kappa shape index (κ1) is 9.50. The van der Waals surface area contributed by atoms with Gasteiger partial charge >= 0.3 is 0 Å². The molecule has 2 nitrogen and oxygen atoms in total. The molecule has 1 aromatic carbocycles. The molecule has 1 atom stereocenters. The Bertz CT molecular complexity index is 213. The molecule has 3 heteroatoms. The van der Waals surface area contributed by atoms with Gasteiger partial charge in [0.15, 0.2) is 0 Å². The smallest absolute Gasteiger partial charge is 0.226 e. The lowest BCUT2D eigenvalue weighted by Crippen LogP contribution is -1.90. The average molecular weight is 184 g/mol. The topological polar surface area (TPSA) is 18.5 Å². The van der Waals surface area contributed by atoms with Gasteiger partial charge in [-0.15, -0.1) is 0 Å². The summed E-state index contributed by atoms with van der Waals surface area (Å²) in [6.45, 7) is 4.62. The summed E-state index contributed by atoms with van der Waals surface area (Å²) < 4.78 is 10.8. The maximum absolute atomic E-state index is 5.50. The summed E-state index contributed by atoms with van der Waals surface area (Å²) in [6.07, 6.45) is 0. The lowest BCUT2D eigenvalue weighted by Gasteiger charge is -2.11. The van der Waals surface area contributed by atoms with Gasteiger partial charge in [-0.3, -0.25) is 0 Å².